The van der Waals surface area contributed by atoms with Crippen LogP contribution in [-0.4, -0.2) is 11.7 Å². The molecule has 1 atom stereocenters. The van der Waals surface area contributed by atoms with E-state index in [1.165, 1.54) is 15.6 Å². The van der Waals surface area contributed by atoms with Gasteiger partial charge in [0.2, 0.25) is 0 Å². The molecule has 0 aliphatic heterocycles. The molecular weight excluding hydrogens is 240 g/mol. The zero-order valence-corrected chi connectivity index (χ0v) is 10.3. The molecule has 0 saturated heterocycles. The maximum atomic E-state index is 8.97. The lowest BCUT2D eigenvalue weighted by Crippen LogP contribution is -2.01. The maximum absolute atomic E-state index is 8.97. The van der Waals surface area contributed by atoms with Gasteiger partial charge in [-0.25, -0.2) is 0 Å². The average Bonchev–Trinajstić information content (AvgIpc) is 2.19. The summed E-state index contributed by atoms with van der Waals surface area (Å²) in [5, 5.41) is 8.97. The molecule has 14 heavy (non-hydrogen) atoms. The molecule has 1 nitrogen and oxygen atoms in total. The van der Waals surface area contributed by atoms with Gasteiger partial charge in [-0.05, 0) is 36.8 Å². The fraction of sp³-hybridized carbons (Fsp3) is 0.500. The van der Waals surface area contributed by atoms with E-state index in [0.717, 1.165) is 12.8 Å². The molecule has 1 rings (SSSR count). The third kappa shape index (κ3) is 2.58. The van der Waals surface area contributed by atoms with E-state index in [1.54, 1.807) is 0 Å². The van der Waals surface area contributed by atoms with Gasteiger partial charge in [0, 0.05) is 11.1 Å². The lowest BCUT2D eigenvalue weighted by atomic mass is 9.92. The summed E-state index contributed by atoms with van der Waals surface area (Å²) in [6, 6.07) is 6.32. The predicted octanol–water partition coefficient (Wildman–Crippen LogP) is 3.63. The highest BCUT2D eigenvalue weighted by molar-refractivity contribution is 9.10. The van der Waals surface area contributed by atoms with Crippen molar-refractivity contribution in [2.45, 2.75) is 32.6 Å². The Morgan fingerprint density at radius 3 is 2.71 bits per heavy atom. The van der Waals surface area contributed by atoms with Crippen LogP contribution in [0.25, 0.3) is 0 Å². The van der Waals surface area contributed by atoms with Crippen LogP contribution in [0.5, 0.6) is 0 Å². The number of hydrogen-bond acceptors (Lipinski definition) is 1. The van der Waals surface area contributed by atoms with Crippen molar-refractivity contribution >= 4 is 15.9 Å². The summed E-state index contributed by atoms with van der Waals surface area (Å²) in [5.74, 6) is 0.467. The molecule has 0 bridgehead atoms. The van der Waals surface area contributed by atoms with Gasteiger partial charge in [-0.3, -0.25) is 0 Å². The first kappa shape index (κ1) is 11.7. The number of halogens is 1. The largest absolute Gasteiger partial charge is 0.396 e. The number of aliphatic hydroxyl groups excluding tert-OH is 1. The highest BCUT2D eigenvalue weighted by Crippen LogP contribution is 2.31. The minimum absolute atomic E-state index is 0.263. The molecule has 0 amide bonds. The first-order valence-electron chi connectivity index (χ1n) is 5.06. The summed E-state index contributed by atoms with van der Waals surface area (Å²) >= 11 is 3.61. The lowest BCUT2D eigenvalue weighted by Gasteiger charge is -2.16. The Morgan fingerprint density at radius 2 is 2.14 bits per heavy atom. The summed E-state index contributed by atoms with van der Waals surface area (Å²) in [6.07, 6.45) is 1.92. The standard InChI is InChI=1S/C12H17BrO/c1-3-10(7-8-14)11-6-4-5-9(2)12(11)13/h4-6,10,14H,3,7-8H2,1-2H3. The zero-order valence-electron chi connectivity index (χ0n) is 8.76. The summed E-state index contributed by atoms with van der Waals surface area (Å²) in [6.45, 7) is 4.52. The van der Waals surface area contributed by atoms with Crippen LogP contribution in [0.4, 0.5) is 0 Å². The van der Waals surface area contributed by atoms with Crippen LogP contribution in [0.3, 0.4) is 0 Å². The van der Waals surface area contributed by atoms with Gasteiger partial charge in [-0.15, -0.1) is 0 Å². The van der Waals surface area contributed by atoms with Crippen molar-refractivity contribution in [2.75, 3.05) is 6.61 Å². The predicted molar refractivity (Wildman–Crippen MR) is 63.6 cm³/mol. The number of rotatable bonds is 4. The monoisotopic (exact) mass is 256 g/mol. The van der Waals surface area contributed by atoms with Crippen LogP contribution in [0.15, 0.2) is 22.7 Å². The normalized spacial score (nSPS) is 12.9. The molecule has 1 N–H and O–H groups in total. The quantitative estimate of drug-likeness (QED) is 0.873. The van der Waals surface area contributed by atoms with Gasteiger partial charge in [-0.2, -0.15) is 0 Å². The van der Waals surface area contributed by atoms with Gasteiger partial charge in [0.25, 0.3) is 0 Å². The van der Waals surface area contributed by atoms with Crippen molar-refractivity contribution in [3.8, 4) is 0 Å². The number of hydrogen-bond donors (Lipinski definition) is 1. The van der Waals surface area contributed by atoms with Gasteiger partial charge in [0.15, 0.2) is 0 Å². The van der Waals surface area contributed by atoms with Crippen LogP contribution in [-0.2, 0) is 0 Å². The molecular formula is C12H17BrO. The Hall–Kier alpha value is -0.340. The second-order valence-corrected chi connectivity index (χ2v) is 4.39. The van der Waals surface area contributed by atoms with Crippen LogP contribution in [0, 0.1) is 6.92 Å². The molecule has 0 aliphatic rings. The summed E-state index contributed by atoms with van der Waals surface area (Å²) < 4.78 is 1.19. The summed E-state index contributed by atoms with van der Waals surface area (Å²) in [4.78, 5) is 0. The Labute approximate surface area is 94.3 Å². The van der Waals surface area contributed by atoms with E-state index in [0.29, 0.717) is 5.92 Å². The molecule has 0 fully saturated rings. The Kier molecular flexibility index (Phi) is 4.63. The second-order valence-electron chi connectivity index (χ2n) is 3.60. The van der Waals surface area contributed by atoms with E-state index in [4.69, 9.17) is 5.11 Å². The molecule has 1 aromatic carbocycles. The molecule has 0 aromatic heterocycles. The van der Waals surface area contributed by atoms with Crippen LogP contribution >= 0.6 is 15.9 Å². The molecule has 0 aliphatic carbocycles. The average molecular weight is 257 g/mol. The SMILES string of the molecule is CCC(CCO)c1cccc(C)c1Br. The van der Waals surface area contributed by atoms with E-state index in [1.807, 2.05) is 0 Å². The van der Waals surface area contributed by atoms with Gasteiger partial charge >= 0.3 is 0 Å². The summed E-state index contributed by atoms with van der Waals surface area (Å²) in [7, 11) is 0. The Morgan fingerprint density at radius 1 is 1.43 bits per heavy atom. The summed E-state index contributed by atoms with van der Waals surface area (Å²) in [5.41, 5.74) is 2.58. The van der Waals surface area contributed by atoms with Crippen molar-refractivity contribution in [1.29, 1.82) is 0 Å². The number of benzene rings is 1. The van der Waals surface area contributed by atoms with E-state index >= 15 is 0 Å². The molecule has 0 radical (unpaired) electrons. The molecule has 0 heterocycles. The second kappa shape index (κ2) is 5.52. The number of aryl methyl sites for hydroxylation is 1. The number of aliphatic hydroxyl groups is 1. The van der Waals surface area contributed by atoms with E-state index in [2.05, 4.69) is 48.0 Å². The third-order valence-corrected chi connectivity index (χ3v) is 3.72. The Bertz CT molecular complexity index is 296. The van der Waals surface area contributed by atoms with E-state index in [9.17, 15) is 0 Å². The van der Waals surface area contributed by atoms with E-state index < -0.39 is 0 Å². The molecule has 2 heteroatoms. The maximum Gasteiger partial charge on any atom is 0.0436 e. The molecule has 1 aromatic rings. The van der Waals surface area contributed by atoms with Crippen molar-refractivity contribution < 1.29 is 5.11 Å². The van der Waals surface area contributed by atoms with Crippen LogP contribution in [0.2, 0.25) is 0 Å². The molecule has 1 unspecified atom stereocenters. The van der Waals surface area contributed by atoms with Gasteiger partial charge in [0.1, 0.15) is 0 Å². The Balaban J connectivity index is 2.97. The lowest BCUT2D eigenvalue weighted by molar-refractivity contribution is 0.274. The fourth-order valence-electron chi connectivity index (χ4n) is 1.72. The third-order valence-electron chi connectivity index (χ3n) is 2.63. The first-order chi connectivity index (χ1) is 6.70. The van der Waals surface area contributed by atoms with Gasteiger partial charge in [0.05, 0.1) is 0 Å². The first-order valence-corrected chi connectivity index (χ1v) is 5.85. The zero-order chi connectivity index (χ0) is 10.6. The van der Waals surface area contributed by atoms with Gasteiger partial charge < -0.3 is 5.11 Å². The molecule has 0 spiro atoms. The van der Waals surface area contributed by atoms with Crippen LogP contribution < -0.4 is 0 Å². The van der Waals surface area contributed by atoms with E-state index in [-0.39, 0.29) is 6.61 Å². The fourth-order valence-corrected chi connectivity index (χ4v) is 2.31. The minimum Gasteiger partial charge on any atom is -0.396 e. The highest BCUT2D eigenvalue weighted by Gasteiger charge is 2.12. The topological polar surface area (TPSA) is 20.2 Å². The highest BCUT2D eigenvalue weighted by atomic mass is 79.9. The van der Waals surface area contributed by atoms with Crippen molar-refractivity contribution in [3.63, 3.8) is 0 Å². The van der Waals surface area contributed by atoms with Crippen molar-refractivity contribution in [2.24, 2.45) is 0 Å². The molecule has 0 saturated carbocycles. The minimum atomic E-state index is 0.263. The van der Waals surface area contributed by atoms with Crippen molar-refractivity contribution in [3.05, 3.63) is 33.8 Å². The van der Waals surface area contributed by atoms with Gasteiger partial charge in [-0.1, -0.05) is 41.1 Å². The smallest absolute Gasteiger partial charge is 0.0436 e. The van der Waals surface area contributed by atoms with Crippen molar-refractivity contribution in [1.82, 2.24) is 0 Å². The molecule has 78 valence electrons. The van der Waals surface area contributed by atoms with Crippen LogP contribution in [0.1, 0.15) is 36.8 Å².